The predicted molar refractivity (Wildman–Crippen MR) is 119 cm³/mol. The number of sulfonamides is 1. The number of aryl methyl sites for hydroxylation is 1. The van der Waals surface area contributed by atoms with Gasteiger partial charge in [0, 0.05) is 18.8 Å². The lowest BCUT2D eigenvalue weighted by molar-refractivity contribution is 0.0997. The van der Waals surface area contributed by atoms with Gasteiger partial charge in [0.15, 0.2) is 5.82 Å². The molecular formula is C20H25N7O4S. The summed E-state index contributed by atoms with van der Waals surface area (Å²) < 4.78 is 34.2. The molecule has 0 fully saturated rings. The second-order valence-electron chi connectivity index (χ2n) is 7.04. The van der Waals surface area contributed by atoms with Crippen molar-refractivity contribution in [3.8, 4) is 11.6 Å². The Bertz CT molecular complexity index is 1240. The minimum absolute atomic E-state index is 0.0123. The first-order chi connectivity index (χ1) is 15.1. The van der Waals surface area contributed by atoms with Gasteiger partial charge in [-0.25, -0.2) is 17.8 Å². The maximum absolute atomic E-state index is 12.5. The maximum atomic E-state index is 12.5. The van der Waals surface area contributed by atoms with Gasteiger partial charge in [0.1, 0.15) is 11.6 Å². The van der Waals surface area contributed by atoms with Crippen molar-refractivity contribution in [3.63, 3.8) is 0 Å². The number of anilines is 1. The van der Waals surface area contributed by atoms with Crippen LogP contribution in [0.1, 0.15) is 27.3 Å². The Kier molecular flexibility index (Phi) is 6.75. The molecule has 0 aliphatic heterocycles. The number of nitrogens with zero attached hydrogens (tertiary/aromatic N) is 4. The minimum Gasteiger partial charge on any atom is -0.496 e. The molecule has 2 heterocycles. The summed E-state index contributed by atoms with van der Waals surface area (Å²) in [6, 6.07) is 7.43. The van der Waals surface area contributed by atoms with Crippen LogP contribution in [0, 0.1) is 20.8 Å². The van der Waals surface area contributed by atoms with Gasteiger partial charge in [0.25, 0.3) is 5.91 Å². The van der Waals surface area contributed by atoms with Gasteiger partial charge < -0.3 is 15.8 Å². The Balaban J connectivity index is 1.59. The van der Waals surface area contributed by atoms with Crippen molar-refractivity contribution in [2.45, 2.75) is 25.7 Å². The first kappa shape index (κ1) is 23.2. The normalized spacial score (nSPS) is 11.4. The van der Waals surface area contributed by atoms with Gasteiger partial charge in [-0.15, -0.1) is 10.2 Å². The van der Waals surface area contributed by atoms with E-state index in [0.717, 1.165) is 17.0 Å². The smallest absolute Gasteiger partial charge is 0.252 e. The summed E-state index contributed by atoms with van der Waals surface area (Å²) >= 11 is 0. The fourth-order valence-electron chi connectivity index (χ4n) is 2.98. The number of nitrogens with one attached hydrogen (secondary N) is 2. The summed E-state index contributed by atoms with van der Waals surface area (Å²) in [6.07, 6.45) is 0. The summed E-state index contributed by atoms with van der Waals surface area (Å²) in [5, 5.41) is 15.7. The molecule has 0 radical (unpaired) electrons. The van der Waals surface area contributed by atoms with Crippen molar-refractivity contribution in [1.82, 2.24) is 24.7 Å². The molecule has 0 unspecified atom stereocenters. The van der Waals surface area contributed by atoms with Gasteiger partial charge in [-0.2, -0.15) is 5.10 Å². The number of aromatic nitrogens is 4. The van der Waals surface area contributed by atoms with Crippen LogP contribution < -0.4 is 20.5 Å². The molecule has 0 saturated carbocycles. The summed E-state index contributed by atoms with van der Waals surface area (Å²) in [5.41, 5.74) is 8.30. The van der Waals surface area contributed by atoms with Crippen molar-refractivity contribution in [3.05, 3.63) is 52.8 Å². The number of carbonyl (C=O) groups is 1. The van der Waals surface area contributed by atoms with Gasteiger partial charge in [-0.3, -0.25) is 4.79 Å². The molecular weight excluding hydrogens is 434 g/mol. The van der Waals surface area contributed by atoms with E-state index >= 15 is 0 Å². The number of carbonyl (C=O) groups excluding carboxylic acids is 1. The highest BCUT2D eigenvalue weighted by Crippen LogP contribution is 2.22. The number of ether oxygens (including phenoxy) is 1. The number of benzene rings is 1. The molecule has 0 spiro atoms. The van der Waals surface area contributed by atoms with E-state index in [9.17, 15) is 13.2 Å². The van der Waals surface area contributed by atoms with Gasteiger partial charge in [-0.05, 0) is 56.7 Å². The standard InChI is InChI=1S/C20H25N7O4S/c1-12-13(2)26-27(14(12)3)19-8-7-18(24-25-19)22-9-10-23-32(29,30)15-5-6-17(31-4)16(11-15)20(21)28/h5-8,11,23H,9-10H2,1-4H3,(H2,21,28)(H,22,24). The van der Waals surface area contributed by atoms with Gasteiger partial charge in [0.2, 0.25) is 10.0 Å². The van der Waals surface area contributed by atoms with E-state index in [2.05, 4.69) is 25.3 Å². The third-order valence-corrected chi connectivity index (χ3v) is 6.45. The quantitative estimate of drug-likeness (QED) is 0.402. The molecule has 1 aromatic carbocycles. The van der Waals surface area contributed by atoms with Crippen molar-refractivity contribution in [1.29, 1.82) is 0 Å². The lowest BCUT2D eigenvalue weighted by atomic mass is 10.2. The molecule has 32 heavy (non-hydrogen) atoms. The lowest BCUT2D eigenvalue weighted by Crippen LogP contribution is -2.29. The summed E-state index contributed by atoms with van der Waals surface area (Å²) in [4.78, 5) is 11.4. The zero-order valence-electron chi connectivity index (χ0n) is 18.2. The number of nitrogens with two attached hydrogens (primary N) is 1. The third kappa shape index (κ3) is 4.86. The monoisotopic (exact) mass is 459 g/mol. The number of primary amides is 1. The van der Waals surface area contributed by atoms with E-state index in [0.29, 0.717) is 11.6 Å². The number of hydrogen-bond donors (Lipinski definition) is 3. The number of hydrogen-bond acceptors (Lipinski definition) is 8. The third-order valence-electron chi connectivity index (χ3n) is 4.99. The van der Waals surface area contributed by atoms with Crippen LogP contribution in [-0.4, -0.2) is 54.5 Å². The molecule has 0 aliphatic rings. The van der Waals surface area contributed by atoms with Crippen molar-refractivity contribution in [2.24, 2.45) is 5.73 Å². The van der Waals surface area contributed by atoms with Crippen LogP contribution in [0.3, 0.4) is 0 Å². The van der Waals surface area contributed by atoms with Crippen LogP contribution in [0.2, 0.25) is 0 Å². The average Bonchev–Trinajstić information content (AvgIpc) is 3.04. The molecule has 1 amide bonds. The Morgan fingerprint density at radius 1 is 1.12 bits per heavy atom. The molecule has 2 aromatic heterocycles. The highest BCUT2D eigenvalue weighted by atomic mass is 32.2. The molecule has 0 bridgehead atoms. The Morgan fingerprint density at radius 2 is 1.88 bits per heavy atom. The van der Waals surface area contributed by atoms with Crippen LogP contribution in [-0.2, 0) is 10.0 Å². The van der Waals surface area contributed by atoms with E-state index in [1.165, 1.54) is 25.3 Å². The van der Waals surface area contributed by atoms with E-state index in [1.54, 1.807) is 16.8 Å². The lowest BCUT2D eigenvalue weighted by Gasteiger charge is -2.11. The Labute approximate surface area is 186 Å². The fraction of sp³-hybridized carbons (Fsp3) is 0.300. The average molecular weight is 460 g/mol. The molecule has 0 aliphatic carbocycles. The molecule has 0 atom stereocenters. The van der Waals surface area contributed by atoms with Gasteiger partial charge >= 0.3 is 0 Å². The van der Waals surface area contributed by atoms with Gasteiger partial charge in [-0.1, -0.05) is 0 Å². The SMILES string of the molecule is COc1ccc(S(=O)(=O)NCCNc2ccc(-n3nc(C)c(C)c3C)nn2)cc1C(N)=O. The Hall–Kier alpha value is -3.51. The summed E-state index contributed by atoms with van der Waals surface area (Å²) in [7, 11) is -2.48. The minimum atomic E-state index is -3.85. The number of methoxy groups -OCH3 is 1. The van der Waals surface area contributed by atoms with E-state index in [4.69, 9.17) is 10.5 Å². The van der Waals surface area contributed by atoms with Crippen molar-refractivity contribution < 1.29 is 17.9 Å². The van der Waals surface area contributed by atoms with E-state index in [1.807, 2.05) is 20.8 Å². The zero-order valence-corrected chi connectivity index (χ0v) is 19.0. The van der Waals surface area contributed by atoms with Crippen LogP contribution in [0.15, 0.2) is 35.2 Å². The summed E-state index contributed by atoms with van der Waals surface area (Å²) in [5.74, 6) is 0.510. The van der Waals surface area contributed by atoms with Crippen molar-refractivity contribution >= 4 is 21.7 Å². The molecule has 170 valence electrons. The highest BCUT2D eigenvalue weighted by molar-refractivity contribution is 7.89. The van der Waals surface area contributed by atoms with Gasteiger partial charge in [0.05, 0.1) is 23.3 Å². The second kappa shape index (κ2) is 9.32. The first-order valence-electron chi connectivity index (χ1n) is 9.72. The van der Waals surface area contributed by atoms with Crippen LogP contribution in [0.25, 0.3) is 5.82 Å². The fourth-order valence-corrected chi connectivity index (χ4v) is 4.04. The molecule has 12 heteroatoms. The van der Waals surface area contributed by atoms with Crippen LogP contribution in [0.4, 0.5) is 5.82 Å². The first-order valence-corrected chi connectivity index (χ1v) is 11.2. The van der Waals surface area contributed by atoms with Crippen LogP contribution >= 0.6 is 0 Å². The largest absolute Gasteiger partial charge is 0.496 e. The maximum Gasteiger partial charge on any atom is 0.252 e. The zero-order chi connectivity index (χ0) is 23.5. The molecule has 0 saturated heterocycles. The van der Waals surface area contributed by atoms with E-state index < -0.39 is 15.9 Å². The Morgan fingerprint density at radius 3 is 2.44 bits per heavy atom. The van der Waals surface area contributed by atoms with E-state index in [-0.39, 0.29) is 29.3 Å². The molecule has 11 nitrogen and oxygen atoms in total. The number of amides is 1. The van der Waals surface area contributed by atoms with Crippen molar-refractivity contribution in [2.75, 3.05) is 25.5 Å². The topological polar surface area (TPSA) is 154 Å². The number of rotatable bonds is 9. The summed E-state index contributed by atoms with van der Waals surface area (Å²) in [6.45, 7) is 6.25. The predicted octanol–water partition coefficient (Wildman–Crippen LogP) is 1.09. The molecule has 3 rings (SSSR count). The second-order valence-corrected chi connectivity index (χ2v) is 8.80. The highest BCUT2D eigenvalue weighted by Gasteiger charge is 2.18. The molecule has 4 N–H and O–H groups in total. The molecule has 3 aromatic rings. The van der Waals surface area contributed by atoms with Crippen LogP contribution in [0.5, 0.6) is 5.75 Å².